The van der Waals surface area contributed by atoms with E-state index in [1.54, 1.807) is 0 Å². The van der Waals surface area contributed by atoms with E-state index in [0.29, 0.717) is 10.6 Å². The summed E-state index contributed by atoms with van der Waals surface area (Å²) in [5.74, 6) is -0.440. The lowest BCUT2D eigenvalue weighted by molar-refractivity contribution is 0.102. The predicted octanol–water partition coefficient (Wildman–Crippen LogP) is 3.19. The number of hydrogen-bond acceptors (Lipinski definition) is 4. The number of anilines is 1. The molecule has 1 aromatic carbocycles. The molecule has 6 heteroatoms. The monoisotopic (exact) mass is 327 g/mol. The predicted molar refractivity (Wildman–Crippen MR) is 92.6 cm³/mol. The van der Waals surface area contributed by atoms with Crippen molar-refractivity contribution in [3.63, 3.8) is 0 Å². The third-order valence-corrected chi connectivity index (χ3v) is 4.96. The summed E-state index contributed by atoms with van der Waals surface area (Å²) in [5, 5.41) is 2.75. The van der Waals surface area contributed by atoms with E-state index < -0.39 is 5.91 Å². The van der Waals surface area contributed by atoms with Gasteiger partial charge in [-0.25, -0.2) is 4.98 Å². The summed E-state index contributed by atoms with van der Waals surface area (Å²) in [6.45, 7) is 5.86. The number of aryl methyl sites for hydroxylation is 3. The number of amides is 1. The van der Waals surface area contributed by atoms with Gasteiger partial charge in [-0.3, -0.25) is 14.0 Å². The van der Waals surface area contributed by atoms with Crippen LogP contribution in [0.4, 0.5) is 5.69 Å². The molecule has 3 aromatic rings. The summed E-state index contributed by atoms with van der Waals surface area (Å²) < 4.78 is 1.50. The highest BCUT2D eigenvalue weighted by Gasteiger charge is 2.16. The molecule has 0 spiro atoms. The number of rotatable bonds is 3. The van der Waals surface area contributed by atoms with Gasteiger partial charge in [-0.15, -0.1) is 11.3 Å². The standard InChI is InChI=1S/C17H17N3O2S/c1-4-12-5-7-13(8-6-12)19-15(21)14-9-18-17-20(16(14)22)10(2)11(3)23-17/h5-9H,4H2,1-3H3,(H,19,21). The molecular weight excluding hydrogens is 310 g/mol. The molecule has 0 aliphatic rings. The van der Waals surface area contributed by atoms with Gasteiger partial charge in [0.2, 0.25) is 0 Å². The van der Waals surface area contributed by atoms with E-state index in [-0.39, 0.29) is 11.1 Å². The van der Waals surface area contributed by atoms with Crippen LogP contribution in [0.5, 0.6) is 0 Å². The molecule has 2 aromatic heterocycles. The van der Waals surface area contributed by atoms with Crippen LogP contribution < -0.4 is 10.9 Å². The summed E-state index contributed by atoms with van der Waals surface area (Å²) in [7, 11) is 0. The van der Waals surface area contributed by atoms with Crippen LogP contribution in [0.1, 0.15) is 33.4 Å². The number of aromatic nitrogens is 2. The largest absolute Gasteiger partial charge is 0.322 e. The first-order chi connectivity index (χ1) is 11.0. The number of hydrogen-bond donors (Lipinski definition) is 1. The third-order valence-electron chi connectivity index (χ3n) is 3.88. The van der Waals surface area contributed by atoms with Gasteiger partial charge in [0.1, 0.15) is 5.56 Å². The van der Waals surface area contributed by atoms with Gasteiger partial charge in [-0.05, 0) is 38.0 Å². The maximum atomic E-state index is 12.6. The second-order valence-corrected chi connectivity index (χ2v) is 6.52. The molecule has 0 unspecified atom stereocenters. The number of fused-ring (bicyclic) bond motifs is 1. The Balaban J connectivity index is 1.95. The third kappa shape index (κ3) is 2.77. The highest BCUT2D eigenvalue weighted by Crippen LogP contribution is 2.18. The molecule has 2 heterocycles. The van der Waals surface area contributed by atoms with Crippen molar-refractivity contribution in [3.05, 3.63) is 62.5 Å². The van der Waals surface area contributed by atoms with Gasteiger partial charge >= 0.3 is 0 Å². The molecule has 0 saturated carbocycles. The summed E-state index contributed by atoms with van der Waals surface area (Å²) in [4.78, 5) is 30.8. The van der Waals surface area contributed by atoms with Crippen LogP contribution in [0.25, 0.3) is 4.96 Å². The topological polar surface area (TPSA) is 63.5 Å². The normalized spacial score (nSPS) is 10.9. The van der Waals surface area contributed by atoms with E-state index in [4.69, 9.17) is 0 Å². The van der Waals surface area contributed by atoms with Crippen molar-refractivity contribution >= 4 is 27.9 Å². The molecule has 0 radical (unpaired) electrons. The van der Waals surface area contributed by atoms with Crippen LogP contribution in [-0.2, 0) is 6.42 Å². The minimum absolute atomic E-state index is 0.0444. The molecular formula is C17H17N3O2S. The Hall–Kier alpha value is -2.47. The summed E-state index contributed by atoms with van der Waals surface area (Å²) >= 11 is 1.44. The number of carbonyl (C=O) groups is 1. The van der Waals surface area contributed by atoms with Crippen LogP contribution in [0.2, 0.25) is 0 Å². The minimum atomic E-state index is -0.440. The van der Waals surface area contributed by atoms with Gasteiger partial charge in [-0.2, -0.15) is 0 Å². The van der Waals surface area contributed by atoms with Crippen molar-refractivity contribution in [1.82, 2.24) is 9.38 Å². The van der Waals surface area contributed by atoms with Crippen molar-refractivity contribution in [2.24, 2.45) is 0 Å². The SMILES string of the molecule is CCc1ccc(NC(=O)c2cnc3sc(C)c(C)n3c2=O)cc1. The second-order valence-electron chi connectivity index (χ2n) is 5.34. The molecule has 0 atom stereocenters. The quantitative estimate of drug-likeness (QED) is 0.803. The highest BCUT2D eigenvalue weighted by atomic mass is 32.1. The van der Waals surface area contributed by atoms with E-state index in [0.717, 1.165) is 17.0 Å². The lowest BCUT2D eigenvalue weighted by Crippen LogP contribution is -2.26. The van der Waals surface area contributed by atoms with Gasteiger partial charge in [0, 0.05) is 22.5 Å². The zero-order valence-corrected chi connectivity index (χ0v) is 14.0. The van der Waals surface area contributed by atoms with Crippen molar-refractivity contribution in [3.8, 4) is 0 Å². The Morgan fingerprint density at radius 1 is 1.26 bits per heavy atom. The van der Waals surface area contributed by atoms with Gasteiger partial charge in [-0.1, -0.05) is 19.1 Å². The van der Waals surface area contributed by atoms with E-state index in [9.17, 15) is 9.59 Å². The molecule has 23 heavy (non-hydrogen) atoms. The second kappa shape index (κ2) is 5.96. The maximum Gasteiger partial charge on any atom is 0.271 e. The fourth-order valence-corrected chi connectivity index (χ4v) is 3.28. The summed E-state index contributed by atoms with van der Waals surface area (Å²) in [5.41, 5.74) is 2.39. The zero-order chi connectivity index (χ0) is 16.6. The highest BCUT2D eigenvalue weighted by molar-refractivity contribution is 7.17. The number of nitrogens with zero attached hydrogens (tertiary/aromatic N) is 2. The number of benzene rings is 1. The Morgan fingerprint density at radius 2 is 1.96 bits per heavy atom. The Bertz CT molecular complexity index is 939. The molecule has 0 saturated heterocycles. The average molecular weight is 327 g/mol. The fourth-order valence-electron chi connectivity index (χ4n) is 2.35. The smallest absolute Gasteiger partial charge is 0.271 e. The molecule has 118 valence electrons. The number of thiazole rings is 1. The lowest BCUT2D eigenvalue weighted by Gasteiger charge is -2.06. The van der Waals surface area contributed by atoms with Crippen LogP contribution in [0.15, 0.2) is 35.3 Å². The first kappa shape index (κ1) is 15.4. The first-order valence-electron chi connectivity index (χ1n) is 7.39. The summed E-state index contributed by atoms with van der Waals surface area (Å²) in [6.07, 6.45) is 2.29. The van der Waals surface area contributed by atoms with E-state index in [1.165, 1.54) is 27.5 Å². The molecule has 1 amide bonds. The van der Waals surface area contributed by atoms with Crippen molar-refractivity contribution in [2.75, 3.05) is 5.32 Å². The van der Waals surface area contributed by atoms with Crippen LogP contribution in [0, 0.1) is 13.8 Å². The van der Waals surface area contributed by atoms with Gasteiger partial charge in [0.25, 0.3) is 11.5 Å². The van der Waals surface area contributed by atoms with E-state index >= 15 is 0 Å². The maximum absolute atomic E-state index is 12.6. The van der Waals surface area contributed by atoms with Crippen LogP contribution in [-0.4, -0.2) is 15.3 Å². The Kier molecular flexibility index (Phi) is 4.00. The number of nitrogens with one attached hydrogen (secondary N) is 1. The average Bonchev–Trinajstić information content (AvgIpc) is 2.84. The zero-order valence-electron chi connectivity index (χ0n) is 13.2. The van der Waals surface area contributed by atoms with E-state index in [2.05, 4.69) is 17.2 Å². The molecule has 0 aliphatic carbocycles. The fraction of sp³-hybridized carbons (Fsp3) is 0.235. The molecule has 0 fully saturated rings. The first-order valence-corrected chi connectivity index (χ1v) is 8.21. The van der Waals surface area contributed by atoms with Crippen molar-refractivity contribution in [2.45, 2.75) is 27.2 Å². The molecule has 3 rings (SSSR count). The van der Waals surface area contributed by atoms with E-state index in [1.807, 2.05) is 38.1 Å². The van der Waals surface area contributed by atoms with Crippen LogP contribution in [0.3, 0.4) is 0 Å². The summed E-state index contributed by atoms with van der Waals surface area (Å²) in [6, 6.07) is 7.58. The molecule has 0 aliphatic heterocycles. The van der Waals surface area contributed by atoms with Crippen LogP contribution >= 0.6 is 11.3 Å². The molecule has 1 N–H and O–H groups in total. The van der Waals surface area contributed by atoms with Gasteiger partial charge in [0.15, 0.2) is 4.96 Å². The lowest BCUT2D eigenvalue weighted by atomic mass is 10.1. The number of carbonyl (C=O) groups excluding carboxylic acids is 1. The van der Waals surface area contributed by atoms with Gasteiger partial charge < -0.3 is 5.32 Å². The Morgan fingerprint density at radius 3 is 2.61 bits per heavy atom. The molecule has 0 bridgehead atoms. The molecule has 5 nitrogen and oxygen atoms in total. The van der Waals surface area contributed by atoms with Crippen molar-refractivity contribution in [1.29, 1.82) is 0 Å². The van der Waals surface area contributed by atoms with Crippen molar-refractivity contribution < 1.29 is 4.79 Å². The minimum Gasteiger partial charge on any atom is -0.322 e. The Labute approximate surface area is 137 Å². The van der Waals surface area contributed by atoms with Gasteiger partial charge in [0.05, 0.1) is 0 Å².